The van der Waals surface area contributed by atoms with E-state index in [4.69, 9.17) is 46.6 Å². The van der Waals surface area contributed by atoms with E-state index in [0.717, 1.165) is 6.42 Å². The zero-order valence-corrected chi connectivity index (χ0v) is 29.8. The molecule has 2 saturated heterocycles. The van der Waals surface area contributed by atoms with Crippen LogP contribution in [0.15, 0.2) is 31.4 Å². The summed E-state index contributed by atoms with van der Waals surface area (Å²) in [6.45, 7) is 10.5. The van der Waals surface area contributed by atoms with E-state index in [0.29, 0.717) is 19.3 Å². The third-order valence-electron chi connectivity index (χ3n) is 8.19. The van der Waals surface area contributed by atoms with Crippen LogP contribution in [0.1, 0.15) is 96.7 Å². The van der Waals surface area contributed by atoms with Gasteiger partial charge in [0, 0.05) is 38.4 Å². The maximum absolute atomic E-state index is 9.67. The van der Waals surface area contributed by atoms with Crippen LogP contribution < -0.4 is 0 Å². The largest absolute Gasteiger partial charge is 0.375 e. The second-order valence-corrected chi connectivity index (χ2v) is 16.8. The van der Waals surface area contributed by atoms with E-state index < -0.39 is 64.3 Å². The minimum Gasteiger partial charge on any atom is -0.375 e. The highest BCUT2D eigenvalue weighted by Gasteiger charge is 2.42. The Morgan fingerprint density at radius 2 is 1.80 bits per heavy atom. The number of ether oxygens (including phenoxy) is 2. The first-order valence-corrected chi connectivity index (χ1v) is 19.1. The highest BCUT2D eigenvalue weighted by atomic mass is 32.5. The molecule has 1 aromatic rings. The third-order valence-corrected chi connectivity index (χ3v) is 12.0. The van der Waals surface area contributed by atoms with Crippen molar-refractivity contribution in [3.8, 4) is 12.1 Å². The fraction of sp³-hybridized carbons (Fsp3) is 0.781. The molecule has 0 radical (unpaired) electrons. The van der Waals surface area contributed by atoms with Gasteiger partial charge >= 0.3 is 6.72 Å². The topological polar surface area (TPSA) is 130 Å². The summed E-state index contributed by atoms with van der Waals surface area (Å²) in [4.78, 5) is 4.18. The van der Waals surface area contributed by atoms with Gasteiger partial charge in [-0.1, -0.05) is 55.0 Å². The molecule has 3 heterocycles. The minimum atomic E-state index is -3.54. The summed E-state index contributed by atoms with van der Waals surface area (Å²) in [5.74, 6) is 0. The van der Waals surface area contributed by atoms with Crippen molar-refractivity contribution in [2.75, 3.05) is 19.8 Å². The second kappa shape index (κ2) is 19.1. The minimum absolute atomic E-state index is 0. The Hall–Kier alpha value is -1.27. The molecule has 46 heavy (non-hydrogen) atoms. The quantitative estimate of drug-likeness (QED) is 0.102. The molecule has 0 bridgehead atoms. The third kappa shape index (κ3) is 11.4. The van der Waals surface area contributed by atoms with Crippen molar-refractivity contribution in [2.45, 2.75) is 131 Å². The van der Waals surface area contributed by atoms with E-state index in [1.54, 1.807) is 23.1 Å². The van der Waals surface area contributed by atoms with Crippen molar-refractivity contribution in [3.63, 3.8) is 0 Å². The molecular formula is C32H54N4O7P2S. The van der Waals surface area contributed by atoms with Crippen LogP contribution in [0.2, 0.25) is 0 Å². The fourth-order valence-corrected chi connectivity index (χ4v) is 9.11. The predicted octanol–water partition coefficient (Wildman–Crippen LogP) is 8.23. The van der Waals surface area contributed by atoms with Gasteiger partial charge in [-0.25, -0.2) is 4.98 Å². The summed E-state index contributed by atoms with van der Waals surface area (Å²) >= 11 is 5.96. The Labute approximate surface area is 285 Å². The summed E-state index contributed by atoms with van der Waals surface area (Å²) in [7, 11) is -1.81. The molecule has 11 nitrogen and oxygen atoms in total. The molecule has 1 aromatic heterocycles. The summed E-state index contributed by atoms with van der Waals surface area (Å²) in [6.07, 6.45) is 6.34. The van der Waals surface area contributed by atoms with Crippen LogP contribution in [0, 0.1) is 33.5 Å². The lowest BCUT2D eigenvalue weighted by Crippen LogP contribution is -2.35. The van der Waals surface area contributed by atoms with E-state index in [2.05, 4.69) is 37.5 Å². The van der Waals surface area contributed by atoms with Gasteiger partial charge in [-0.2, -0.15) is 10.5 Å². The fourth-order valence-electron chi connectivity index (χ4n) is 4.95. The molecule has 2 aliphatic rings. The van der Waals surface area contributed by atoms with Crippen LogP contribution in [0.25, 0.3) is 0 Å². The Morgan fingerprint density at radius 1 is 1.15 bits per heavy atom. The van der Waals surface area contributed by atoms with E-state index in [9.17, 15) is 10.5 Å². The zero-order chi connectivity index (χ0) is 34.8. The lowest BCUT2D eigenvalue weighted by molar-refractivity contribution is -0.0182. The van der Waals surface area contributed by atoms with E-state index >= 15 is 0 Å². The number of nitriles is 2. The number of hydrogen-bond donors (Lipinski definition) is 0. The van der Waals surface area contributed by atoms with Crippen LogP contribution in [-0.4, -0.2) is 65.7 Å². The van der Waals surface area contributed by atoms with Gasteiger partial charge in [0.05, 0.1) is 64.8 Å². The Bertz CT molecular complexity index is 1260. The molecular weight excluding hydrogens is 646 g/mol. The van der Waals surface area contributed by atoms with Crippen LogP contribution in [0.5, 0.6) is 0 Å². The van der Waals surface area contributed by atoms with Crippen molar-refractivity contribution in [2.24, 2.45) is 10.8 Å². The number of rotatable bonds is 19. The van der Waals surface area contributed by atoms with Crippen molar-refractivity contribution in [3.05, 3.63) is 31.4 Å². The highest BCUT2D eigenvalue weighted by Crippen LogP contribution is 2.56. The average molecular weight is 705 g/mol. The first kappa shape index (κ1) is 37.5. The average Bonchev–Trinajstić information content (AvgIpc) is 3.75. The molecule has 0 saturated carbocycles. The molecule has 0 aromatic carbocycles. The zero-order valence-electron chi connectivity index (χ0n) is 29.2. The molecule has 11 unspecified atom stereocenters. The lowest BCUT2D eigenvalue weighted by atomic mass is 9.77. The van der Waals surface area contributed by atoms with Crippen LogP contribution >= 0.6 is 15.2 Å². The summed E-state index contributed by atoms with van der Waals surface area (Å²) in [6, 6.07) is 4.43. The molecule has 3 rings (SSSR count). The maximum atomic E-state index is 9.67. The molecule has 14 heteroatoms. The first-order valence-electron chi connectivity index (χ1n) is 16.6. The van der Waals surface area contributed by atoms with Crippen LogP contribution in [0.3, 0.4) is 0 Å². The van der Waals surface area contributed by atoms with Crippen molar-refractivity contribution >= 4 is 27.1 Å². The van der Waals surface area contributed by atoms with Crippen molar-refractivity contribution in [1.82, 2.24) is 9.32 Å². The SMILES string of the molecule is C.[3H]C1CC(OP(OC(CC#N)C(C)(CC)CC=C)n2ccnc2)C(COP(=S)(OC2CC([3H])OC2CC)OC(CC#N)C(C)(C)C)O1. The van der Waals surface area contributed by atoms with Gasteiger partial charge in [0.1, 0.15) is 12.4 Å². The van der Waals surface area contributed by atoms with Gasteiger partial charge in [-0.15, -0.1) is 6.58 Å². The first-order chi connectivity index (χ1) is 22.2. The normalized spacial score (nSPS) is 29.9. The smallest absolute Gasteiger partial charge is 0.327 e. The van der Waals surface area contributed by atoms with Gasteiger partial charge in [-0.05, 0) is 41.9 Å². The van der Waals surface area contributed by atoms with Gasteiger partial charge < -0.3 is 32.1 Å². The number of imidazole rings is 1. The Balaban J connectivity index is 0.00000800. The number of aromatic nitrogens is 2. The number of nitrogens with zero attached hydrogens (tertiary/aromatic N) is 4. The summed E-state index contributed by atoms with van der Waals surface area (Å²) in [5, 5.41) is 19.2. The standard InChI is InChI=1S/C31H50N4O7P2S.CH4/c1-8-15-31(7,10-3)29(12-17-33)40-43(35-19-18-34-23-35)39-25-13-20-37-27(25)22-38-44(45,41-26-14-21-36-24(26)9-2)42-28(11-16-32)30(4,5)6;/h8,18-19,23-29H,1,9-15,20-22H2,2-7H3;1H4/i20T,21T;. The van der Waals surface area contributed by atoms with Gasteiger partial charge in [0.15, 0.2) is 0 Å². The van der Waals surface area contributed by atoms with E-state index in [1.807, 2.05) is 33.8 Å². The maximum Gasteiger partial charge on any atom is 0.327 e. The van der Waals surface area contributed by atoms with Crippen LogP contribution in [0.4, 0.5) is 0 Å². The Morgan fingerprint density at radius 3 is 2.37 bits per heavy atom. The predicted molar refractivity (Wildman–Crippen MR) is 183 cm³/mol. The summed E-state index contributed by atoms with van der Waals surface area (Å²) in [5.41, 5.74) is -0.805. The van der Waals surface area contributed by atoms with Gasteiger partial charge in [0.25, 0.3) is 8.53 Å². The molecule has 2 aliphatic heterocycles. The lowest BCUT2D eigenvalue weighted by Gasteiger charge is -2.37. The molecule has 2 fully saturated rings. The van der Waals surface area contributed by atoms with Crippen molar-refractivity contribution in [1.29, 1.82) is 10.5 Å². The Kier molecular flexibility index (Phi) is 15.6. The van der Waals surface area contributed by atoms with E-state index in [1.165, 1.54) is 0 Å². The number of hydrogen-bond acceptors (Lipinski definition) is 11. The molecule has 0 N–H and O–H groups in total. The van der Waals surface area contributed by atoms with Gasteiger partial charge in [-0.3, -0.25) is 4.34 Å². The van der Waals surface area contributed by atoms with Crippen LogP contribution in [-0.2, 0) is 43.9 Å². The van der Waals surface area contributed by atoms with Gasteiger partial charge in [0.2, 0.25) is 0 Å². The molecule has 0 aliphatic carbocycles. The molecule has 0 amide bonds. The molecule has 0 spiro atoms. The monoisotopic (exact) mass is 704 g/mol. The molecule has 260 valence electrons. The molecule has 11 atom stereocenters. The summed E-state index contributed by atoms with van der Waals surface area (Å²) < 4.78 is 62.1. The number of allylic oxidation sites excluding steroid dienone is 1. The highest BCUT2D eigenvalue weighted by molar-refractivity contribution is 8.07. The van der Waals surface area contributed by atoms with Crippen molar-refractivity contribution < 1.29 is 34.8 Å². The van der Waals surface area contributed by atoms with E-state index in [-0.39, 0.29) is 44.8 Å². The second-order valence-electron chi connectivity index (χ2n) is 12.6.